The lowest BCUT2D eigenvalue weighted by molar-refractivity contribution is -0.117. The van der Waals surface area contributed by atoms with Crippen molar-refractivity contribution >= 4 is 11.6 Å². The Bertz CT molecular complexity index is 665. The Morgan fingerprint density at radius 3 is 2.42 bits per heavy atom. The third-order valence-corrected chi connectivity index (χ3v) is 4.25. The van der Waals surface area contributed by atoms with E-state index in [4.69, 9.17) is 0 Å². The second-order valence-corrected chi connectivity index (χ2v) is 6.53. The zero-order chi connectivity index (χ0) is 17.5. The van der Waals surface area contributed by atoms with Crippen molar-refractivity contribution in [1.82, 2.24) is 4.90 Å². The van der Waals surface area contributed by atoms with Crippen LogP contribution in [0.3, 0.4) is 0 Å². The maximum atomic E-state index is 12.5. The molecule has 24 heavy (non-hydrogen) atoms. The Kier molecular flexibility index (Phi) is 6.56. The van der Waals surface area contributed by atoms with Crippen molar-refractivity contribution in [1.29, 1.82) is 0 Å². The summed E-state index contributed by atoms with van der Waals surface area (Å²) in [6, 6.07) is 16.5. The van der Waals surface area contributed by atoms with Crippen molar-refractivity contribution in [3.8, 4) is 0 Å². The number of carbonyl (C=O) groups excluding carboxylic acids is 1. The van der Waals surface area contributed by atoms with E-state index >= 15 is 0 Å². The van der Waals surface area contributed by atoms with Gasteiger partial charge in [0.25, 0.3) is 0 Å². The van der Waals surface area contributed by atoms with E-state index in [2.05, 4.69) is 49.2 Å². The summed E-state index contributed by atoms with van der Waals surface area (Å²) in [6.07, 6.45) is 0. The summed E-state index contributed by atoms with van der Waals surface area (Å²) in [5, 5.41) is 3.13. The summed E-state index contributed by atoms with van der Waals surface area (Å²) < 4.78 is 0. The average molecular weight is 324 g/mol. The number of nitrogens with one attached hydrogen (secondary N) is 1. The number of para-hydroxylation sites is 1. The highest BCUT2D eigenvalue weighted by atomic mass is 16.2. The first-order chi connectivity index (χ1) is 11.5. The molecular formula is C21H28N2O. The van der Waals surface area contributed by atoms with Crippen molar-refractivity contribution in [3.05, 3.63) is 65.2 Å². The highest BCUT2D eigenvalue weighted by Gasteiger charge is 2.14. The Hall–Kier alpha value is -2.13. The van der Waals surface area contributed by atoms with E-state index in [0.29, 0.717) is 12.5 Å². The number of benzene rings is 2. The first-order valence-corrected chi connectivity index (χ1v) is 8.67. The molecule has 0 heterocycles. The van der Waals surface area contributed by atoms with Gasteiger partial charge in [-0.25, -0.2) is 0 Å². The summed E-state index contributed by atoms with van der Waals surface area (Å²) in [4.78, 5) is 14.7. The monoisotopic (exact) mass is 324 g/mol. The Balaban J connectivity index is 2.04. The molecule has 0 aliphatic rings. The predicted octanol–water partition coefficient (Wildman–Crippen LogP) is 4.58. The van der Waals surface area contributed by atoms with Crippen LogP contribution >= 0.6 is 0 Å². The van der Waals surface area contributed by atoms with Gasteiger partial charge in [0.05, 0.1) is 6.54 Å². The highest BCUT2D eigenvalue weighted by Crippen LogP contribution is 2.27. The molecule has 0 aliphatic heterocycles. The van der Waals surface area contributed by atoms with Gasteiger partial charge in [0.2, 0.25) is 5.91 Å². The zero-order valence-electron chi connectivity index (χ0n) is 15.2. The van der Waals surface area contributed by atoms with Crippen molar-refractivity contribution < 1.29 is 4.79 Å². The van der Waals surface area contributed by atoms with Crippen molar-refractivity contribution in [2.45, 2.75) is 40.2 Å². The lowest BCUT2D eigenvalue weighted by atomic mass is 9.98. The number of carbonyl (C=O) groups is 1. The Labute approximate surface area is 145 Å². The van der Waals surface area contributed by atoms with Crippen LogP contribution in [0.25, 0.3) is 0 Å². The minimum absolute atomic E-state index is 0.0454. The lowest BCUT2D eigenvalue weighted by Crippen LogP contribution is -2.33. The molecule has 0 unspecified atom stereocenters. The fraction of sp³-hybridized carbons (Fsp3) is 0.381. The van der Waals surface area contributed by atoms with Gasteiger partial charge in [0.15, 0.2) is 0 Å². The molecule has 2 aromatic carbocycles. The summed E-state index contributed by atoms with van der Waals surface area (Å²) in [7, 11) is 0. The normalized spacial score (nSPS) is 11.1. The molecule has 3 nitrogen and oxygen atoms in total. The van der Waals surface area contributed by atoms with E-state index in [-0.39, 0.29) is 5.91 Å². The summed E-state index contributed by atoms with van der Waals surface area (Å²) in [5.74, 6) is 0.427. The quantitative estimate of drug-likeness (QED) is 0.808. The van der Waals surface area contributed by atoms with Crippen molar-refractivity contribution in [2.24, 2.45) is 0 Å². The molecule has 0 fully saturated rings. The number of rotatable bonds is 7. The van der Waals surface area contributed by atoms with Crippen molar-refractivity contribution in [2.75, 3.05) is 18.4 Å². The van der Waals surface area contributed by atoms with E-state index < -0.39 is 0 Å². The number of hydrogen-bond acceptors (Lipinski definition) is 2. The van der Waals surface area contributed by atoms with Crippen LogP contribution in [0.15, 0.2) is 48.5 Å². The molecule has 3 heteroatoms. The third kappa shape index (κ3) is 4.93. The standard InChI is InChI=1S/C21H28N2O/c1-5-23(14-18-11-7-6-8-12-18)15-20(24)22-21-17(4)10-9-13-19(21)16(2)3/h6-13,16H,5,14-15H2,1-4H3,(H,22,24). The van der Waals surface area contributed by atoms with E-state index in [9.17, 15) is 4.79 Å². The van der Waals surface area contributed by atoms with Gasteiger partial charge in [-0.1, -0.05) is 69.3 Å². The highest BCUT2D eigenvalue weighted by molar-refractivity contribution is 5.93. The maximum absolute atomic E-state index is 12.5. The fourth-order valence-electron chi connectivity index (χ4n) is 2.85. The summed E-state index contributed by atoms with van der Waals surface area (Å²) in [5.41, 5.74) is 4.49. The summed E-state index contributed by atoms with van der Waals surface area (Å²) in [6.45, 7) is 10.5. The second-order valence-electron chi connectivity index (χ2n) is 6.53. The molecule has 1 N–H and O–H groups in total. The number of amides is 1. The largest absolute Gasteiger partial charge is 0.324 e. The van der Waals surface area contributed by atoms with Crippen LogP contribution in [-0.2, 0) is 11.3 Å². The lowest BCUT2D eigenvalue weighted by Gasteiger charge is -2.22. The molecule has 128 valence electrons. The van der Waals surface area contributed by atoms with Crippen LogP contribution < -0.4 is 5.32 Å². The zero-order valence-corrected chi connectivity index (χ0v) is 15.2. The van der Waals surface area contributed by atoms with Gasteiger partial charge in [-0.05, 0) is 36.1 Å². The number of anilines is 1. The van der Waals surface area contributed by atoms with Crippen molar-refractivity contribution in [3.63, 3.8) is 0 Å². The maximum Gasteiger partial charge on any atom is 0.238 e. The first-order valence-electron chi connectivity index (χ1n) is 8.67. The molecule has 0 bridgehead atoms. The van der Waals surface area contributed by atoms with Crippen LogP contribution in [0.5, 0.6) is 0 Å². The molecule has 0 aromatic heterocycles. The van der Waals surface area contributed by atoms with E-state index in [0.717, 1.165) is 24.3 Å². The van der Waals surface area contributed by atoms with Crippen LogP contribution in [-0.4, -0.2) is 23.9 Å². The van der Waals surface area contributed by atoms with Gasteiger partial charge >= 0.3 is 0 Å². The van der Waals surface area contributed by atoms with Gasteiger partial charge in [-0.15, -0.1) is 0 Å². The molecule has 0 saturated heterocycles. The number of aryl methyl sites for hydroxylation is 1. The smallest absolute Gasteiger partial charge is 0.238 e. The van der Waals surface area contributed by atoms with E-state index in [1.165, 1.54) is 11.1 Å². The minimum atomic E-state index is 0.0454. The van der Waals surface area contributed by atoms with E-state index in [1.54, 1.807) is 0 Å². The molecule has 0 radical (unpaired) electrons. The van der Waals surface area contributed by atoms with Crippen LogP contribution in [0.1, 0.15) is 43.4 Å². The third-order valence-electron chi connectivity index (χ3n) is 4.25. The number of hydrogen-bond donors (Lipinski definition) is 1. The fourth-order valence-corrected chi connectivity index (χ4v) is 2.85. The van der Waals surface area contributed by atoms with Crippen LogP contribution in [0, 0.1) is 6.92 Å². The first kappa shape index (κ1) is 18.2. The van der Waals surface area contributed by atoms with Crippen LogP contribution in [0.4, 0.5) is 5.69 Å². The Morgan fingerprint density at radius 1 is 1.08 bits per heavy atom. The number of likely N-dealkylation sites (N-methyl/N-ethyl adjacent to an activating group) is 1. The molecule has 0 saturated carbocycles. The average Bonchev–Trinajstić information content (AvgIpc) is 2.56. The topological polar surface area (TPSA) is 32.3 Å². The minimum Gasteiger partial charge on any atom is -0.324 e. The number of nitrogens with zero attached hydrogens (tertiary/aromatic N) is 1. The predicted molar refractivity (Wildman–Crippen MR) is 101 cm³/mol. The van der Waals surface area contributed by atoms with Crippen LogP contribution in [0.2, 0.25) is 0 Å². The van der Waals surface area contributed by atoms with Gasteiger partial charge < -0.3 is 5.32 Å². The van der Waals surface area contributed by atoms with Gasteiger partial charge in [0.1, 0.15) is 0 Å². The molecule has 0 atom stereocenters. The molecular weight excluding hydrogens is 296 g/mol. The van der Waals surface area contributed by atoms with E-state index in [1.807, 2.05) is 37.3 Å². The van der Waals surface area contributed by atoms with Gasteiger partial charge in [0, 0.05) is 12.2 Å². The molecule has 0 spiro atoms. The summed E-state index contributed by atoms with van der Waals surface area (Å²) >= 11 is 0. The molecule has 2 rings (SSSR count). The molecule has 1 amide bonds. The SMILES string of the molecule is CCN(CC(=O)Nc1c(C)cccc1C(C)C)Cc1ccccc1. The molecule has 2 aromatic rings. The molecule has 0 aliphatic carbocycles. The van der Waals surface area contributed by atoms with Gasteiger partial charge in [-0.2, -0.15) is 0 Å². The Morgan fingerprint density at radius 2 is 1.79 bits per heavy atom. The second kappa shape index (κ2) is 8.65. The van der Waals surface area contributed by atoms with Gasteiger partial charge in [-0.3, -0.25) is 9.69 Å².